The summed E-state index contributed by atoms with van der Waals surface area (Å²) in [6, 6.07) is 2.85. The van der Waals surface area contributed by atoms with Gasteiger partial charge in [0.05, 0.1) is 0 Å². The van der Waals surface area contributed by atoms with Crippen LogP contribution in [0.2, 0.25) is 0 Å². The van der Waals surface area contributed by atoms with Crippen LogP contribution in [0.4, 0.5) is 0 Å². The quantitative estimate of drug-likeness (QED) is 0.330. The zero-order valence-corrected chi connectivity index (χ0v) is 5.98. The minimum Gasteiger partial charge on any atom is -0.619 e. The highest BCUT2D eigenvalue weighted by Crippen LogP contribution is 2.05. The Bertz CT molecular complexity index is 255. The van der Waals surface area contributed by atoms with Gasteiger partial charge in [0.15, 0.2) is 12.4 Å². The van der Waals surface area contributed by atoms with Gasteiger partial charge in [0.1, 0.15) is 5.75 Å². The molecule has 0 N–H and O–H groups in total. The van der Waals surface area contributed by atoms with Crippen LogP contribution in [-0.4, -0.2) is 5.97 Å². The molecule has 0 bridgehead atoms. The van der Waals surface area contributed by atoms with E-state index in [9.17, 15) is 10.0 Å². The van der Waals surface area contributed by atoms with Gasteiger partial charge in [-0.05, 0) is 0 Å². The Balaban J connectivity index is 2.74. The number of hydrogen-bond acceptors (Lipinski definition) is 3. The summed E-state index contributed by atoms with van der Waals surface area (Å²) in [4.78, 5) is 10.4. The van der Waals surface area contributed by atoms with Crippen molar-refractivity contribution >= 4 is 5.97 Å². The summed E-state index contributed by atoms with van der Waals surface area (Å²) >= 11 is 0. The van der Waals surface area contributed by atoms with Gasteiger partial charge in [-0.2, -0.15) is 4.73 Å². The van der Waals surface area contributed by atoms with Gasteiger partial charge in [-0.1, -0.05) is 0 Å². The molecule has 0 saturated carbocycles. The lowest BCUT2D eigenvalue weighted by molar-refractivity contribution is -0.605. The Morgan fingerprint density at radius 2 is 2.09 bits per heavy atom. The monoisotopic (exact) mass is 153 g/mol. The molecule has 0 aliphatic carbocycles. The zero-order chi connectivity index (χ0) is 8.27. The number of esters is 1. The van der Waals surface area contributed by atoms with Crippen molar-refractivity contribution in [3.05, 3.63) is 29.7 Å². The van der Waals surface area contributed by atoms with Gasteiger partial charge >= 0.3 is 5.97 Å². The molecule has 1 aromatic heterocycles. The first-order chi connectivity index (χ1) is 5.18. The first kappa shape index (κ1) is 7.53. The summed E-state index contributed by atoms with van der Waals surface area (Å²) in [6.45, 7) is 1.30. The summed E-state index contributed by atoms with van der Waals surface area (Å²) in [5, 5.41) is 10.5. The number of nitrogens with zero attached hydrogens (tertiary/aromatic N) is 1. The Labute approximate surface area is 63.6 Å². The number of aromatic nitrogens is 1. The molecule has 0 fully saturated rings. The number of rotatable bonds is 1. The van der Waals surface area contributed by atoms with Gasteiger partial charge in [-0.3, -0.25) is 4.79 Å². The van der Waals surface area contributed by atoms with Gasteiger partial charge in [0.2, 0.25) is 0 Å². The van der Waals surface area contributed by atoms with Crippen molar-refractivity contribution in [2.24, 2.45) is 0 Å². The zero-order valence-electron chi connectivity index (χ0n) is 5.98. The number of ether oxygens (including phenoxy) is 1. The topological polar surface area (TPSA) is 53.2 Å². The van der Waals surface area contributed by atoms with Crippen molar-refractivity contribution in [3.63, 3.8) is 0 Å². The van der Waals surface area contributed by atoms with Gasteiger partial charge in [0.25, 0.3) is 0 Å². The summed E-state index contributed by atoms with van der Waals surface area (Å²) < 4.78 is 5.30. The van der Waals surface area contributed by atoms with Crippen molar-refractivity contribution in [1.29, 1.82) is 0 Å². The summed E-state index contributed by atoms with van der Waals surface area (Å²) in [7, 11) is 0. The summed E-state index contributed by atoms with van der Waals surface area (Å²) in [5.74, 6) is -0.0155. The molecule has 1 rings (SSSR count). The highest BCUT2D eigenvalue weighted by atomic mass is 16.5. The molecule has 11 heavy (non-hydrogen) atoms. The molecule has 1 aromatic rings. The Morgan fingerprint density at radius 1 is 1.55 bits per heavy atom. The molecule has 0 atom stereocenters. The average Bonchev–Trinajstić information content (AvgIpc) is 1.93. The second-order valence-corrected chi connectivity index (χ2v) is 1.99. The fourth-order valence-corrected chi connectivity index (χ4v) is 0.633. The molecule has 0 aliphatic rings. The maximum absolute atomic E-state index is 10.5. The van der Waals surface area contributed by atoms with E-state index < -0.39 is 5.97 Å². The van der Waals surface area contributed by atoms with Gasteiger partial charge < -0.3 is 9.94 Å². The van der Waals surface area contributed by atoms with Crippen LogP contribution in [0.5, 0.6) is 5.75 Å². The van der Waals surface area contributed by atoms with Crippen LogP contribution in [0.15, 0.2) is 24.5 Å². The second-order valence-electron chi connectivity index (χ2n) is 1.99. The van der Waals surface area contributed by atoms with E-state index in [1.165, 1.54) is 31.5 Å². The Kier molecular flexibility index (Phi) is 2.06. The van der Waals surface area contributed by atoms with E-state index in [-0.39, 0.29) is 0 Å². The maximum atomic E-state index is 10.5. The minimum atomic E-state index is -0.395. The number of pyridine rings is 1. The second kappa shape index (κ2) is 3.01. The molecular weight excluding hydrogens is 146 g/mol. The predicted octanol–water partition coefficient (Wildman–Crippen LogP) is 0.245. The Hall–Kier alpha value is -1.58. The van der Waals surface area contributed by atoms with E-state index >= 15 is 0 Å². The maximum Gasteiger partial charge on any atom is 0.308 e. The van der Waals surface area contributed by atoms with Crippen LogP contribution in [0.3, 0.4) is 0 Å². The molecule has 1 heterocycles. The van der Waals surface area contributed by atoms with Crippen LogP contribution in [0, 0.1) is 5.21 Å². The van der Waals surface area contributed by atoms with Gasteiger partial charge in [-0.15, -0.1) is 0 Å². The fraction of sp³-hybridized carbons (Fsp3) is 0.143. The standard InChI is InChI=1S/C7H7NO3/c1-6(9)11-7-2-4-8(10)5-3-7/h2-5H,1H3. The van der Waals surface area contributed by atoms with E-state index in [1.54, 1.807) is 0 Å². The first-order valence-corrected chi connectivity index (χ1v) is 3.06. The SMILES string of the molecule is CC(=O)Oc1cc[n+]([O-])cc1. The van der Waals surface area contributed by atoms with Crippen LogP contribution in [-0.2, 0) is 4.79 Å². The van der Waals surface area contributed by atoms with E-state index in [0.29, 0.717) is 10.5 Å². The molecule has 58 valence electrons. The summed E-state index contributed by atoms with van der Waals surface area (Å²) in [5.41, 5.74) is 0. The largest absolute Gasteiger partial charge is 0.619 e. The Morgan fingerprint density at radius 3 is 2.55 bits per heavy atom. The van der Waals surface area contributed by atoms with Crippen LogP contribution >= 0.6 is 0 Å². The van der Waals surface area contributed by atoms with Crippen molar-refractivity contribution in [2.45, 2.75) is 6.92 Å². The van der Waals surface area contributed by atoms with E-state index in [1.807, 2.05) is 0 Å². The van der Waals surface area contributed by atoms with Gasteiger partial charge in [-0.25, -0.2) is 0 Å². The van der Waals surface area contributed by atoms with Crippen molar-refractivity contribution in [2.75, 3.05) is 0 Å². The molecule has 4 nitrogen and oxygen atoms in total. The number of carbonyl (C=O) groups excluding carboxylic acids is 1. The van der Waals surface area contributed by atoms with Crippen LogP contribution < -0.4 is 9.47 Å². The predicted molar refractivity (Wildman–Crippen MR) is 36.7 cm³/mol. The van der Waals surface area contributed by atoms with Crippen molar-refractivity contribution < 1.29 is 14.3 Å². The average molecular weight is 153 g/mol. The highest BCUT2D eigenvalue weighted by Gasteiger charge is 1.97. The third kappa shape index (κ3) is 2.25. The fourth-order valence-electron chi connectivity index (χ4n) is 0.633. The molecule has 0 aromatic carbocycles. The number of hydrogen-bond donors (Lipinski definition) is 0. The minimum absolute atomic E-state index is 0.379. The van der Waals surface area contributed by atoms with Crippen molar-refractivity contribution in [3.8, 4) is 5.75 Å². The molecule has 0 spiro atoms. The molecule has 0 amide bonds. The first-order valence-electron chi connectivity index (χ1n) is 3.06. The highest BCUT2D eigenvalue weighted by molar-refractivity contribution is 5.69. The molecule has 0 radical (unpaired) electrons. The van der Waals surface area contributed by atoms with Crippen LogP contribution in [0.25, 0.3) is 0 Å². The lowest BCUT2D eigenvalue weighted by Gasteiger charge is -1.98. The number of carbonyl (C=O) groups is 1. The lowest BCUT2D eigenvalue weighted by Crippen LogP contribution is -2.23. The van der Waals surface area contributed by atoms with Gasteiger partial charge in [0, 0.05) is 19.1 Å². The third-order valence-corrected chi connectivity index (χ3v) is 1.03. The smallest absolute Gasteiger partial charge is 0.308 e. The third-order valence-electron chi connectivity index (χ3n) is 1.03. The molecule has 0 aliphatic heterocycles. The molecule has 0 saturated heterocycles. The molecule has 4 heteroatoms. The lowest BCUT2D eigenvalue weighted by atomic mass is 10.4. The summed E-state index contributed by atoms with van der Waals surface area (Å²) in [6.07, 6.45) is 2.52. The van der Waals surface area contributed by atoms with E-state index in [4.69, 9.17) is 0 Å². The van der Waals surface area contributed by atoms with E-state index in [2.05, 4.69) is 4.74 Å². The van der Waals surface area contributed by atoms with Crippen molar-refractivity contribution in [1.82, 2.24) is 0 Å². The van der Waals surface area contributed by atoms with E-state index in [0.717, 1.165) is 0 Å². The molecule has 0 unspecified atom stereocenters. The van der Waals surface area contributed by atoms with Crippen LogP contribution in [0.1, 0.15) is 6.92 Å². The molecular formula is C7H7NO3. The normalized spacial score (nSPS) is 9.18.